The largest absolute Gasteiger partial charge is 0.453 e. The van der Waals surface area contributed by atoms with Crippen molar-refractivity contribution in [1.29, 1.82) is 0 Å². The van der Waals surface area contributed by atoms with Crippen LogP contribution in [0.4, 0.5) is 0 Å². The van der Waals surface area contributed by atoms with Crippen LogP contribution in [0.2, 0.25) is 0 Å². The summed E-state index contributed by atoms with van der Waals surface area (Å²) in [5.74, 6) is 1.72. The molecule has 1 aromatic heterocycles. The van der Waals surface area contributed by atoms with Crippen molar-refractivity contribution in [3.8, 4) is 0 Å². The average molecular weight is 317 g/mol. The fraction of sp³-hybridized carbons (Fsp3) is 0.692. The Hall–Kier alpha value is -0.360. The summed E-state index contributed by atoms with van der Waals surface area (Å²) in [6, 6.07) is 3.97. The van der Waals surface area contributed by atoms with E-state index in [9.17, 15) is 0 Å². The van der Waals surface area contributed by atoms with E-state index in [0.717, 1.165) is 36.1 Å². The van der Waals surface area contributed by atoms with Gasteiger partial charge in [0.2, 0.25) is 0 Å². The summed E-state index contributed by atoms with van der Waals surface area (Å²) in [5.41, 5.74) is 5.82. The smallest absolute Gasteiger partial charge is 0.169 e. The monoisotopic (exact) mass is 316 g/mol. The van der Waals surface area contributed by atoms with Crippen LogP contribution in [0.5, 0.6) is 0 Å². The maximum Gasteiger partial charge on any atom is 0.169 e. The van der Waals surface area contributed by atoms with E-state index in [1.807, 2.05) is 12.1 Å². The molecule has 0 amide bonds. The molecule has 0 radical (unpaired) electrons. The molecule has 0 spiro atoms. The van der Waals surface area contributed by atoms with Crippen molar-refractivity contribution < 1.29 is 9.15 Å². The van der Waals surface area contributed by atoms with Crippen LogP contribution in [0.1, 0.15) is 24.6 Å². The third kappa shape index (κ3) is 4.09. The van der Waals surface area contributed by atoms with Gasteiger partial charge < -0.3 is 14.9 Å². The molecule has 5 heteroatoms. The average Bonchev–Trinajstić information content (AvgIpc) is 3.08. The van der Waals surface area contributed by atoms with E-state index in [0.29, 0.717) is 6.54 Å². The van der Waals surface area contributed by atoms with Crippen LogP contribution in [0.3, 0.4) is 0 Å². The molecule has 1 saturated carbocycles. The zero-order valence-corrected chi connectivity index (χ0v) is 12.4. The van der Waals surface area contributed by atoms with Crippen molar-refractivity contribution in [1.82, 2.24) is 4.90 Å². The standard InChI is InChI=1S/C13H21BrN2O2/c1-16(6-7-17-9-10-2-3-10)11(8-15)12-4-5-13(14)18-12/h4-5,10-11H,2-3,6-9,15H2,1H3. The van der Waals surface area contributed by atoms with E-state index in [4.69, 9.17) is 14.9 Å². The Kier molecular flexibility index (Phi) is 5.24. The molecule has 1 aliphatic rings. The number of rotatable bonds is 8. The Labute approximate surface area is 117 Å². The summed E-state index contributed by atoms with van der Waals surface area (Å²) < 4.78 is 12.0. The molecule has 2 N–H and O–H groups in total. The van der Waals surface area contributed by atoms with Crippen LogP contribution in [-0.4, -0.2) is 38.3 Å². The number of hydrogen-bond acceptors (Lipinski definition) is 4. The minimum Gasteiger partial charge on any atom is -0.453 e. The topological polar surface area (TPSA) is 51.6 Å². The van der Waals surface area contributed by atoms with Gasteiger partial charge in [-0.1, -0.05) is 0 Å². The molecule has 1 unspecified atom stereocenters. The molecule has 0 saturated heterocycles. The van der Waals surface area contributed by atoms with Crippen LogP contribution in [0, 0.1) is 5.92 Å². The summed E-state index contributed by atoms with van der Waals surface area (Å²) in [7, 11) is 2.05. The Morgan fingerprint density at radius 2 is 2.33 bits per heavy atom. The summed E-state index contributed by atoms with van der Waals surface area (Å²) in [4.78, 5) is 2.18. The number of furan rings is 1. The molecule has 1 aliphatic carbocycles. The lowest BCUT2D eigenvalue weighted by atomic mass is 10.2. The van der Waals surface area contributed by atoms with Gasteiger partial charge in [-0.05, 0) is 53.9 Å². The molecule has 1 aromatic rings. The zero-order valence-electron chi connectivity index (χ0n) is 10.8. The third-order valence-corrected chi connectivity index (χ3v) is 3.74. The minimum absolute atomic E-state index is 0.112. The lowest BCUT2D eigenvalue weighted by Crippen LogP contribution is -2.33. The number of ether oxygens (including phenoxy) is 1. The first-order valence-corrected chi connectivity index (χ1v) is 7.23. The predicted octanol–water partition coefficient (Wildman–Crippen LogP) is 2.40. The molecule has 0 bridgehead atoms. The van der Waals surface area contributed by atoms with Gasteiger partial charge in [0.1, 0.15) is 5.76 Å². The molecule has 1 atom stereocenters. The molecule has 0 aromatic carbocycles. The quantitative estimate of drug-likeness (QED) is 0.748. The number of likely N-dealkylation sites (N-methyl/N-ethyl adjacent to an activating group) is 1. The highest BCUT2D eigenvalue weighted by atomic mass is 79.9. The van der Waals surface area contributed by atoms with Crippen LogP contribution in [-0.2, 0) is 4.74 Å². The van der Waals surface area contributed by atoms with Crippen LogP contribution in [0.15, 0.2) is 21.2 Å². The predicted molar refractivity (Wildman–Crippen MR) is 74.4 cm³/mol. The Morgan fingerprint density at radius 3 is 2.89 bits per heavy atom. The highest BCUT2D eigenvalue weighted by molar-refractivity contribution is 9.10. The first-order chi connectivity index (χ1) is 8.70. The number of hydrogen-bond donors (Lipinski definition) is 1. The summed E-state index contributed by atoms with van der Waals surface area (Å²) >= 11 is 3.31. The van der Waals surface area contributed by atoms with Gasteiger partial charge in [-0.3, -0.25) is 4.90 Å². The molecule has 2 rings (SSSR count). The third-order valence-electron chi connectivity index (χ3n) is 3.32. The first kappa shape index (κ1) is 14.1. The summed E-state index contributed by atoms with van der Waals surface area (Å²) in [5, 5.41) is 0. The fourth-order valence-corrected chi connectivity index (χ4v) is 2.24. The van der Waals surface area contributed by atoms with E-state index in [1.165, 1.54) is 12.8 Å². The highest BCUT2D eigenvalue weighted by Crippen LogP contribution is 2.28. The van der Waals surface area contributed by atoms with Gasteiger partial charge in [-0.15, -0.1) is 0 Å². The number of halogens is 1. The van der Waals surface area contributed by atoms with Gasteiger partial charge in [0, 0.05) is 19.7 Å². The molecular weight excluding hydrogens is 296 g/mol. The maximum atomic E-state index is 5.82. The van der Waals surface area contributed by atoms with Crippen LogP contribution in [0.25, 0.3) is 0 Å². The highest BCUT2D eigenvalue weighted by Gasteiger charge is 2.22. The van der Waals surface area contributed by atoms with Gasteiger partial charge in [-0.2, -0.15) is 0 Å². The maximum absolute atomic E-state index is 5.82. The molecule has 1 heterocycles. The first-order valence-electron chi connectivity index (χ1n) is 6.44. The minimum atomic E-state index is 0.112. The summed E-state index contributed by atoms with van der Waals surface area (Å²) in [6.45, 7) is 3.07. The van der Waals surface area contributed by atoms with Crippen molar-refractivity contribution in [2.45, 2.75) is 18.9 Å². The Bertz CT molecular complexity index is 366. The number of nitrogens with two attached hydrogens (primary N) is 1. The Balaban J connectivity index is 1.75. The van der Waals surface area contributed by atoms with E-state index in [-0.39, 0.29) is 6.04 Å². The van der Waals surface area contributed by atoms with Crippen molar-refractivity contribution >= 4 is 15.9 Å². The molecule has 1 fully saturated rings. The Morgan fingerprint density at radius 1 is 1.56 bits per heavy atom. The van der Waals surface area contributed by atoms with E-state index < -0.39 is 0 Å². The van der Waals surface area contributed by atoms with Gasteiger partial charge >= 0.3 is 0 Å². The second-order valence-corrected chi connectivity index (χ2v) is 5.67. The molecule has 102 valence electrons. The normalized spacial score (nSPS) is 17.3. The lowest BCUT2D eigenvalue weighted by molar-refractivity contribution is 0.0885. The second-order valence-electron chi connectivity index (χ2n) is 4.89. The van der Waals surface area contributed by atoms with Crippen LogP contribution < -0.4 is 5.73 Å². The van der Waals surface area contributed by atoms with Crippen molar-refractivity contribution in [3.63, 3.8) is 0 Å². The molecular formula is C13H21BrN2O2. The van der Waals surface area contributed by atoms with E-state index >= 15 is 0 Å². The van der Waals surface area contributed by atoms with Gasteiger partial charge in [-0.25, -0.2) is 0 Å². The van der Waals surface area contributed by atoms with Crippen molar-refractivity contribution in [2.24, 2.45) is 11.7 Å². The molecule has 0 aliphatic heterocycles. The van der Waals surface area contributed by atoms with Crippen LogP contribution >= 0.6 is 15.9 Å². The zero-order chi connectivity index (χ0) is 13.0. The van der Waals surface area contributed by atoms with E-state index in [2.05, 4.69) is 27.9 Å². The van der Waals surface area contributed by atoms with Gasteiger partial charge in [0.25, 0.3) is 0 Å². The molecule has 4 nitrogen and oxygen atoms in total. The van der Waals surface area contributed by atoms with Crippen molar-refractivity contribution in [3.05, 3.63) is 22.6 Å². The second kappa shape index (κ2) is 6.70. The fourth-order valence-electron chi connectivity index (χ4n) is 1.92. The lowest BCUT2D eigenvalue weighted by Gasteiger charge is -2.25. The number of nitrogens with zero attached hydrogens (tertiary/aromatic N) is 1. The van der Waals surface area contributed by atoms with Gasteiger partial charge in [0.05, 0.1) is 12.6 Å². The van der Waals surface area contributed by atoms with Crippen molar-refractivity contribution in [2.75, 3.05) is 33.4 Å². The summed E-state index contributed by atoms with van der Waals surface area (Å²) in [6.07, 6.45) is 2.67. The molecule has 18 heavy (non-hydrogen) atoms. The van der Waals surface area contributed by atoms with E-state index in [1.54, 1.807) is 0 Å². The SMILES string of the molecule is CN(CCOCC1CC1)C(CN)c1ccc(Br)o1. The van der Waals surface area contributed by atoms with Gasteiger partial charge in [0.15, 0.2) is 4.67 Å².